The monoisotopic (exact) mass is 633 g/mol. The third-order valence-electron chi connectivity index (χ3n) is 5.42. The molecule has 47 heavy (non-hydrogen) atoms. The van der Waals surface area contributed by atoms with Gasteiger partial charge in [0, 0.05) is 88.0 Å². The Morgan fingerprint density at radius 1 is 0.681 bits per heavy atom. The predicted molar refractivity (Wildman–Crippen MR) is 191 cm³/mol. The summed E-state index contributed by atoms with van der Waals surface area (Å²) in [6.07, 6.45) is 12.9. The number of carbonyl (C=O) groups is 1. The maximum atomic E-state index is 9.97. The number of aliphatic hydroxyl groups excluding tert-OH is 1. The first-order valence-electron chi connectivity index (χ1n) is 14.0. The van der Waals surface area contributed by atoms with E-state index in [0.29, 0.717) is 5.56 Å². The number of rotatable bonds is 6. The number of hydrogen-bond donors (Lipinski definition) is 3. The Morgan fingerprint density at radius 2 is 1.17 bits per heavy atom. The number of para-hydroxylation sites is 3. The number of aldehydes is 1. The average Bonchev–Trinajstić information content (AvgIpc) is 3.14. The number of anilines is 2. The molecule has 10 heteroatoms. The zero-order valence-electron chi connectivity index (χ0n) is 27.7. The van der Waals surface area contributed by atoms with E-state index in [0.717, 1.165) is 42.6 Å². The molecule has 0 atom stereocenters. The summed E-state index contributed by atoms with van der Waals surface area (Å²) in [4.78, 5) is 26.1. The number of hydrogen-bond acceptors (Lipinski definition) is 8. The number of nitrogens with zero attached hydrogens (tertiary/aromatic N) is 4. The normalized spacial score (nSPS) is 8.89. The number of nitrogens with two attached hydrogens (primary N) is 1. The molecule has 0 fully saturated rings. The summed E-state index contributed by atoms with van der Waals surface area (Å²) in [5, 5.41) is 10.3. The Bertz CT molecular complexity index is 1500. The van der Waals surface area contributed by atoms with Gasteiger partial charge in [0.1, 0.15) is 0 Å². The van der Waals surface area contributed by atoms with Gasteiger partial charge in [0.05, 0.1) is 5.69 Å². The number of benzene rings is 3. The largest absolute Gasteiger partial charge is 1.00 e. The van der Waals surface area contributed by atoms with E-state index in [9.17, 15) is 4.79 Å². The Hall–Kier alpha value is -4.93. The maximum absolute atomic E-state index is 9.97. The van der Waals surface area contributed by atoms with Crippen molar-refractivity contribution in [3.8, 4) is 0 Å². The fourth-order valence-electron chi connectivity index (χ4n) is 3.28. The third kappa shape index (κ3) is 20.7. The molecule has 4 N–H and O–H groups in total. The van der Waals surface area contributed by atoms with E-state index in [4.69, 9.17) is 10.8 Å². The van der Waals surface area contributed by atoms with Gasteiger partial charge in [0.2, 0.25) is 0 Å². The molecule has 0 saturated carbocycles. The van der Waals surface area contributed by atoms with E-state index < -0.39 is 0 Å². The van der Waals surface area contributed by atoms with Gasteiger partial charge in [0.15, 0.2) is 6.29 Å². The van der Waals surface area contributed by atoms with Gasteiger partial charge in [-0.1, -0.05) is 66.7 Å². The molecule has 0 aliphatic rings. The van der Waals surface area contributed by atoms with E-state index in [-0.39, 0.29) is 39.4 Å². The molecule has 0 saturated heterocycles. The molecule has 3 heterocycles. The molecule has 6 aromatic rings. The van der Waals surface area contributed by atoms with Crippen molar-refractivity contribution in [2.45, 2.75) is 6.54 Å². The minimum atomic E-state index is 0. The predicted octanol–water partition coefficient (Wildman–Crippen LogP) is 4.03. The van der Waals surface area contributed by atoms with Gasteiger partial charge < -0.3 is 17.6 Å². The van der Waals surface area contributed by atoms with Crippen molar-refractivity contribution in [3.05, 3.63) is 181 Å². The van der Waals surface area contributed by atoms with Crippen LogP contribution in [0.15, 0.2) is 170 Å². The first-order chi connectivity index (χ1) is 22.2. The van der Waals surface area contributed by atoms with Crippen LogP contribution >= 0.6 is 0 Å². The van der Waals surface area contributed by atoms with Crippen LogP contribution in [-0.4, -0.2) is 48.1 Å². The van der Waals surface area contributed by atoms with Gasteiger partial charge in [-0.2, -0.15) is 0 Å². The number of nitrogens with one attached hydrogen (secondary N) is 1. The van der Waals surface area contributed by atoms with Crippen LogP contribution in [0, 0.1) is 0 Å². The van der Waals surface area contributed by atoms with E-state index in [1.165, 1.54) is 11.8 Å². The first-order valence-corrected chi connectivity index (χ1v) is 14.0. The molecule has 0 bridgehead atoms. The summed E-state index contributed by atoms with van der Waals surface area (Å²) in [6, 6.07) is 40.8. The molecule has 6 rings (SSSR count). The summed E-state index contributed by atoms with van der Waals surface area (Å²) in [5.41, 5.74) is 11.1. The van der Waals surface area contributed by atoms with Crippen LogP contribution in [0.5, 0.6) is 0 Å². The molecule has 0 unspecified atom stereocenters. The summed E-state index contributed by atoms with van der Waals surface area (Å²) in [7, 11) is 1.00. The van der Waals surface area contributed by atoms with Gasteiger partial charge in [0.25, 0.3) is 0 Å². The van der Waals surface area contributed by atoms with Crippen LogP contribution in [0.3, 0.4) is 0 Å². The smallest absolute Gasteiger partial charge is 1.00 e. The molecular formula is C37H39BN6NaO2. The third-order valence-corrected chi connectivity index (χ3v) is 5.42. The summed E-state index contributed by atoms with van der Waals surface area (Å²) >= 11 is 0. The second-order valence-electron chi connectivity index (χ2n) is 8.78. The van der Waals surface area contributed by atoms with Crippen LogP contribution in [0.4, 0.5) is 17.1 Å². The van der Waals surface area contributed by atoms with Gasteiger partial charge in [-0.3, -0.25) is 24.7 Å². The van der Waals surface area contributed by atoms with Crippen molar-refractivity contribution in [2.24, 2.45) is 4.99 Å². The molecule has 0 amide bonds. The van der Waals surface area contributed by atoms with Crippen molar-refractivity contribution in [1.82, 2.24) is 15.0 Å². The fourth-order valence-corrected chi connectivity index (χ4v) is 3.28. The average molecular weight is 634 g/mol. The second kappa shape index (κ2) is 28.5. The quantitative estimate of drug-likeness (QED) is 0.109. The molecule has 0 spiro atoms. The maximum Gasteiger partial charge on any atom is 1.00 e. The van der Waals surface area contributed by atoms with Crippen molar-refractivity contribution in [2.75, 3.05) is 18.2 Å². The first kappa shape index (κ1) is 42.1. The zero-order valence-corrected chi connectivity index (χ0v) is 28.7. The van der Waals surface area contributed by atoms with Gasteiger partial charge >= 0.3 is 29.6 Å². The minimum absolute atomic E-state index is 0. The summed E-state index contributed by atoms with van der Waals surface area (Å²) < 4.78 is 0. The van der Waals surface area contributed by atoms with E-state index in [2.05, 4.69) is 43.5 Å². The number of nitrogen functional groups attached to an aromatic ring is 1. The van der Waals surface area contributed by atoms with Crippen LogP contribution in [0.2, 0.25) is 0 Å². The second-order valence-corrected chi connectivity index (χ2v) is 8.78. The Balaban J connectivity index is 0. The van der Waals surface area contributed by atoms with Crippen LogP contribution < -0.4 is 40.6 Å². The fraction of sp³-hybridized carbons (Fsp3) is 0.0541. The van der Waals surface area contributed by atoms with Gasteiger partial charge in [-0.25, -0.2) is 0 Å². The molecule has 3 radical (unpaired) electrons. The summed E-state index contributed by atoms with van der Waals surface area (Å²) in [6.45, 7) is 0.817. The van der Waals surface area contributed by atoms with Crippen molar-refractivity contribution in [1.29, 1.82) is 0 Å². The molecule has 233 valence electrons. The Labute approximate surface area is 303 Å². The van der Waals surface area contributed by atoms with Crippen molar-refractivity contribution < 1.29 is 40.9 Å². The molecular weight excluding hydrogens is 594 g/mol. The standard InChI is InChI=1S/C12H12N2.C12H10N2.C6H5NO.C6H7N.CH4O.B.Na.H/c2*1-2-6-12(7-3-1)14-10-11-5-4-8-13-9-11;8-5-6-2-1-3-7-4-6;7-6-4-2-1-3-5-6;1-2;;;/h1-9,14H,10H2;1-10H;1-5H;1-5H,7H2;2H,1H3;;;/q;;;;;;+1;-1. The number of aliphatic hydroxyl groups is 1. The SMILES string of the molecule is C(=Nc1ccccc1)c1cccnc1.CO.Nc1ccccc1.O=Cc1cccnc1.[B].[H-].[Na+].c1ccc(NCc2cccnc2)cc1. The van der Waals surface area contributed by atoms with Gasteiger partial charge in [-0.15, -0.1) is 0 Å². The molecule has 8 nitrogen and oxygen atoms in total. The van der Waals surface area contributed by atoms with E-state index >= 15 is 0 Å². The Kier molecular flexibility index (Phi) is 25.6. The number of aliphatic imine (C=N–C) groups is 1. The van der Waals surface area contributed by atoms with E-state index in [1.807, 2.05) is 109 Å². The van der Waals surface area contributed by atoms with Crippen molar-refractivity contribution >= 4 is 38.0 Å². The zero-order chi connectivity index (χ0) is 32.2. The van der Waals surface area contributed by atoms with Crippen LogP contribution in [-0.2, 0) is 6.54 Å². The number of pyridine rings is 3. The number of carbonyl (C=O) groups excluding carboxylic acids is 1. The van der Waals surface area contributed by atoms with Gasteiger partial charge in [-0.05, 0) is 66.2 Å². The van der Waals surface area contributed by atoms with Crippen LogP contribution in [0.25, 0.3) is 0 Å². The summed E-state index contributed by atoms with van der Waals surface area (Å²) in [5.74, 6) is 0. The molecule has 3 aromatic heterocycles. The van der Waals surface area contributed by atoms with E-state index in [1.54, 1.807) is 36.9 Å². The van der Waals surface area contributed by atoms with Crippen LogP contribution in [0.1, 0.15) is 22.9 Å². The minimum Gasteiger partial charge on any atom is -1.00 e. The Morgan fingerprint density at radius 3 is 1.60 bits per heavy atom. The van der Waals surface area contributed by atoms with Crippen molar-refractivity contribution in [3.63, 3.8) is 0 Å². The molecule has 3 aromatic carbocycles. The molecule has 0 aliphatic carbocycles. The molecule has 0 aliphatic heterocycles. The topological polar surface area (TPSA) is 126 Å². The number of aromatic nitrogens is 3.